The molecule has 1 unspecified atom stereocenters. The summed E-state index contributed by atoms with van der Waals surface area (Å²) in [6.45, 7) is 7.93. The number of carbonyl (C=O) groups is 1. The molecule has 1 saturated heterocycles. The van der Waals surface area contributed by atoms with Crippen LogP contribution >= 0.6 is 11.3 Å². The Kier molecular flexibility index (Phi) is 4.85. The number of rotatable bonds is 6. The molecule has 0 bridgehead atoms. The predicted octanol–water partition coefficient (Wildman–Crippen LogP) is 2.75. The van der Waals surface area contributed by atoms with Crippen LogP contribution in [0.5, 0.6) is 0 Å². The van der Waals surface area contributed by atoms with Crippen molar-refractivity contribution in [3.05, 3.63) is 41.4 Å². The molecule has 2 aromatic rings. The van der Waals surface area contributed by atoms with Gasteiger partial charge in [0.05, 0.1) is 11.5 Å². The van der Waals surface area contributed by atoms with Crippen LogP contribution in [0, 0.1) is 11.3 Å². The van der Waals surface area contributed by atoms with Gasteiger partial charge in [0, 0.05) is 13.1 Å². The van der Waals surface area contributed by atoms with E-state index in [1.54, 1.807) is 5.51 Å². The second-order valence-electron chi connectivity index (χ2n) is 7.03. The molecule has 128 valence electrons. The predicted molar refractivity (Wildman–Crippen MR) is 97.1 cm³/mol. The number of hydrogen-bond acceptors (Lipinski definition) is 5. The zero-order valence-corrected chi connectivity index (χ0v) is 15.2. The van der Waals surface area contributed by atoms with Gasteiger partial charge in [0.2, 0.25) is 11.0 Å². The Morgan fingerprint density at radius 2 is 2.08 bits per heavy atom. The molecule has 1 atom stereocenters. The van der Waals surface area contributed by atoms with Crippen molar-refractivity contribution in [2.24, 2.45) is 11.3 Å². The molecule has 1 aromatic heterocycles. The van der Waals surface area contributed by atoms with Crippen molar-refractivity contribution >= 4 is 22.4 Å². The fraction of sp³-hybridized carbons (Fsp3) is 0.500. The number of benzene rings is 1. The van der Waals surface area contributed by atoms with Gasteiger partial charge in [0.1, 0.15) is 5.51 Å². The van der Waals surface area contributed by atoms with Crippen LogP contribution in [0.15, 0.2) is 35.8 Å². The van der Waals surface area contributed by atoms with Crippen LogP contribution in [0.2, 0.25) is 0 Å². The van der Waals surface area contributed by atoms with E-state index in [9.17, 15) is 4.79 Å². The molecule has 1 amide bonds. The van der Waals surface area contributed by atoms with E-state index in [4.69, 9.17) is 0 Å². The Hall–Kier alpha value is -1.95. The summed E-state index contributed by atoms with van der Waals surface area (Å²) in [6, 6.07) is 10.4. The van der Waals surface area contributed by atoms with Gasteiger partial charge in [-0.25, -0.2) is 0 Å². The molecule has 1 N–H and O–H groups in total. The van der Waals surface area contributed by atoms with Crippen LogP contribution in [0.1, 0.15) is 26.3 Å². The molecule has 6 heteroatoms. The van der Waals surface area contributed by atoms with E-state index < -0.39 is 5.41 Å². The van der Waals surface area contributed by atoms with Gasteiger partial charge in [0.15, 0.2) is 0 Å². The minimum Gasteiger partial charge on any atom is -0.349 e. The average Bonchev–Trinajstić information content (AvgIpc) is 3.04. The zero-order chi connectivity index (χ0) is 17.2. The first-order valence-corrected chi connectivity index (χ1v) is 9.23. The van der Waals surface area contributed by atoms with Crippen molar-refractivity contribution in [1.29, 1.82) is 0 Å². The van der Waals surface area contributed by atoms with Crippen LogP contribution in [0.4, 0.5) is 5.13 Å². The minimum atomic E-state index is -0.412. The number of aromatic nitrogens is 2. The van der Waals surface area contributed by atoms with Gasteiger partial charge in [-0.05, 0) is 17.9 Å². The minimum absolute atomic E-state index is 0.142. The highest BCUT2D eigenvalue weighted by Crippen LogP contribution is 2.32. The van der Waals surface area contributed by atoms with E-state index in [-0.39, 0.29) is 17.9 Å². The van der Waals surface area contributed by atoms with Gasteiger partial charge < -0.3 is 10.2 Å². The second kappa shape index (κ2) is 6.89. The number of hydrogen-bond donors (Lipinski definition) is 1. The van der Waals surface area contributed by atoms with E-state index in [1.807, 2.05) is 18.2 Å². The summed E-state index contributed by atoms with van der Waals surface area (Å²) < 4.78 is 0. The van der Waals surface area contributed by atoms with Gasteiger partial charge in [-0.2, -0.15) is 0 Å². The normalized spacial score (nSPS) is 17.4. The van der Waals surface area contributed by atoms with Gasteiger partial charge in [-0.15, -0.1) is 10.2 Å². The quantitative estimate of drug-likeness (QED) is 0.875. The van der Waals surface area contributed by atoms with E-state index in [1.165, 1.54) is 16.9 Å². The monoisotopic (exact) mass is 344 g/mol. The number of carbonyl (C=O) groups excluding carboxylic acids is 1. The average molecular weight is 344 g/mol. The third-order valence-corrected chi connectivity index (χ3v) is 5.79. The highest BCUT2D eigenvalue weighted by atomic mass is 32.1. The molecule has 0 aliphatic carbocycles. The lowest BCUT2D eigenvalue weighted by molar-refractivity contribution is -0.133. The van der Waals surface area contributed by atoms with Crippen LogP contribution < -0.4 is 10.2 Å². The smallest absolute Gasteiger partial charge is 0.226 e. The maximum atomic E-state index is 13.0. The summed E-state index contributed by atoms with van der Waals surface area (Å²) in [6.07, 6.45) is 0.754. The Morgan fingerprint density at radius 3 is 2.67 bits per heavy atom. The number of amides is 1. The van der Waals surface area contributed by atoms with Crippen molar-refractivity contribution in [2.75, 3.05) is 18.0 Å². The Morgan fingerprint density at radius 1 is 1.38 bits per heavy atom. The summed E-state index contributed by atoms with van der Waals surface area (Å²) in [7, 11) is 0. The summed E-state index contributed by atoms with van der Waals surface area (Å²) in [5.74, 6) is 0.403. The summed E-state index contributed by atoms with van der Waals surface area (Å²) in [5, 5.41) is 12.1. The molecule has 24 heavy (non-hydrogen) atoms. The molecular weight excluding hydrogens is 320 g/mol. The first kappa shape index (κ1) is 16.9. The van der Waals surface area contributed by atoms with Crippen molar-refractivity contribution in [1.82, 2.24) is 15.5 Å². The Balaban J connectivity index is 1.61. The lowest BCUT2D eigenvalue weighted by atomic mass is 9.73. The number of nitrogens with one attached hydrogen (secondary N) is 1. The van der Waals surface area contributed by atoms with Crippen LogP contribution in [0.25, 0.3) is 0 Å². The van der Waals surface area contributed by atoms with Gasteiger partial charge in [-0.3, -0.25) is 4.79 Å². The third-order valence-electron chi connectivity index (χ3n) is 5.04. The molecule has 0 saturated carbocycles. The maximum absolute atomic E-state index is 13.0. The largest absolute Gasteiger partial charge is 0.349 e. The van der Waals surface area contributed by atoms with Gasteiger partial charge in [0.25, 0.3) is 0 Å². The van der Waals surface area contributed by atoms with E-state index in [0.29, 0.717) is 0 Å². The summed E-state index contributed by atoms with van der Waals surface area (Å²) >= 11 is 1.53. The highest BCUT2D eigenvalue weighted by Gasteiger charge is 2.39. The molecule has 1 fully saturated rings. The first-order valence-electron chi connectivity index (χ1n) is 8.35. The van der Waals surface area contributed by atoms with Crippen LogP contribution in [-0.4, -0.2) is 35.2 Å². The molecular formula is C18H24N4OS. The fourth-order valence-electron chi connectivity index (χ4n) is 2.95. The Labute approximate surface area is 147 Å². The van der Waals surface area contributed by atoms with E-state index >= 15 is 0 Å². The maximum Gasteiger partial charge on any atom is 0.226 e. The van der Waals surface area contributed by atoms with Crippen molar-refractivity contribution in [3.63, 3.8) is 0 Å². The summed E-state index contributed by atoms with van der Waals surface area (Å²) in [4.78, 5) is 15.1. The molecule has 1 aliphatic rings. The number of nitrogens with zero attached hydrogens (tertiary/aromatic N) is 3. The molecule has 1 aromatic carbocycles. The van der Waals surface area contributed by atoms with Crippen molar-refractivity contribution in [2.45, 2.75) is 33.2 Å². The van der Waals surface area contributed by atoms with Gasteiger partial charge >= 0.3 is 0 Å². The van der Waals surface area contributed by atoms with Crippen LogP contribution in [-0.2, 0) is 11.2 Å². The van der Waals surface area contributed by atoms with E-state index in [2.05, 4.69) is 53.3 Å². The fourth-order valence-corrected chi connectivity index (χ4v) is 3.53. The van der Waals surface area contributed by atoms with E-state index in [0.717, 1.165) is 24.6 Å². The van der Waals surface area contributed by atoms with Crippen LogP contribution in [0.3, 0.4) is 0 Å². The molecule has 3 rings (SSSR count). The molecule has 1 aliphatic heterocycles. The standard InChI is InChI=1S/C18H24N4OS/c1-13(2)18(3,9-14-7-5-4-6-8-14)16(23)20-15-10-22(11-15)17-21-19-12-24-17/h4-8,12-13,15H,9-11H2,1-3H3,(H,20,23). The zero-order valence-electron chi connectivity index (χ0n) is 14.4. The topological polar surface area (TPSA) is 58.1 Å². The van der Waals surface area contributed by atoms with Gasteiger partial charge in [-0.1, -0.05) is 62.4 Å². The highest BCUT2D eigenvalue weighted by molar-refractivity contribution is 7.13. The number of anilines is 1. The van der Waals surface area contributed by atoms with Crippen molar-refractivity contribution < 1.29 is 4.79 Å². The molecule has 5 nitrogen and oxygen atoms in total. The van der Waals surface area contributed by atoms with Crippen molar-refractivity contribution in [3.8, 4) is 0 Å². The Bertz CT molecular complexity index is 668. The first-order chi connectivity index (χ1) is 11.5. The molecule has 0 radical (unpaired) electrons. The second-order valence-corrected chi connectivity index (χ2v) is 7.84. The third kappa shape index (κ3) is 3.43. The lowest BCUT2D eigenvalue weighted by Crippen LogP contribution is -2.62. The SMILES string of the molecule is CC(C)C(C)(Cc1ccccc1)C(=O)NC1CN(c2nncs2)C1. The molecule has 2 heterocycles. The summed E-state index contributed by atoms with van der Waals surface area (Å²) in [5.41, 5.74) is 2.52. The molecule has 0 spiro atoms. The lowest BCUT2D eigenvalue weighted by Gasteiger charge is -2.42.